The van der Waals surface area contributed by atoms with Crippen LogP contribution in [0.3, 0.4) is 0 Å². The highest BCUT2D eigenvalue weighted by Gasteiger charge is 2.19. The third-order valence-electron chi connectivity index (χ3n) is 2.75. The van der Waals surface area contributed by atoms with Gasteiger partial charge in [-0.15, -0.1) is 0 Å². The molecule has 1 aromatic rings. The maximum atomic E-state index is 11.8. The number of nitrogens with one attached hydrogen (secondary N) is 2. The summed E-state index contributed by atoms with van der Waals surface area (Å²) < 4.78 is 10.1. The topological polar surface area (TPSA) is 93.7 Å². The summed E-state index contributed by atoms with van der Waals surface area (Å²) in [5.74, 6) is -1.06. The van der Waals surface area contributed by atoms with Crippen molar-refractivity contribution in [2.45, 2.75) is 45.9 Å². The third-order valence-corrected chi connectivity index (χ3v) is 2.75. The standard InChI is InChI=1S/C17H24N2O5/c1-12(15(21)23-11-13-8-6-5-7-9-13)19-14(20)10-18-16(22)24-17(2,3)4/h5-9,12H,10-11H2,1-4H3,(H,18,22)(H,19,20). The molecule has 1 unspecified atom stereocenters. The summed E-state index contributed by atoms with van der Waals surface area (Å²) in [6, 6.07) is 8.41. The van der Waals surface area contributed by atoms with Crippen molar-refractivity contribution in [3.63, 3.8) is 0 Å². The Bertz CT molecular complexity index is 566. The van der Waals surface area contributed by atoms with Crippen molar-refractivity contribution in [3.05, 3.63) is 35.9 Å². The molecule has 0 heterocycles. The van der Waals surface area contributed by atoms with Gasteiger partial charge in [-0.3, -0.25) is 4.79 Å². The Balaban J connectivity index is 2.30. The zero-order valence-electron chi connectivity index (χ0n) is 14.4. The van der Waals surface area contributed by atoms with Gasteiger partial charge in [0.2, 0.25) is 5.91 Å². The SMILES string of the molecule is CC(NC(=O)CNC(=O)OC(C)(C)C)C(=O)OCc1ccccc1. The van der Waals surface area contributed by atoms with E-state index in [1.165, 1.54) is 6.92 Å². The molecule has 7 nitrogen and oxygen atoms in total. The van der Waals surface area contributed by atoms with Crippen LogP contribution in [-0.2, 0) is 25.7 Å². The lowest BCUT2D eigenvalue weighted by Gasteiger charge is -2.19. The van der Waals surface area contributed by atoms with Crippen LogP contribution in [0.4, 0.5) is 4.79 Å². The number of hydrogen-bond donors (Lipinski definition) is 2. The average molecular weight is 336 g/mol. The van der Waals surface area contributed by atoms with Gasteiger partial charge in [-0.25, -0.2) is 9.59 Å². The van der Waals surface area contributed by atoms with E-state index in [0.717, 1.165) is 5.56 Å². The van der Waals surface area contributed by atoms with E-state index in [1.807, 2.05) is 30.3 Å². The Morgan fingerprint density at radius 3 is 2.33 bits per heavy atom. The molecule has 24 heavy (non-hydrogen) atoms. The first-order chi connectivity index (χ1) is 11.2. The number of ether oxygens (including phenoxy) is 2. The number of benzene rings is 1. The van der Waals surface area contributed by atoms with Crippen LogP contribution < -0.4 is 10.6 Å². The van der Waals surface area contributed by atoms with Gasteiger partial charge in [-0.05, 0) is 33.3 Å². The first-order valence-electron chi connectivity index (χ1n) is 7.64. The molecular formula is C17H24N2O5. The molecule has 0 radical (unpaired) electrons. The highest BCUT2D eigenvalue weighted by Crippen LogP contribution is 2.06. The molecule has 2 amide bonds. The van der Waals surface area contributed by atoms with Crippen LogP contribution in [0, 0.1) is 0 Å². The van der Waals surface area contributed by atoms with Gasteiger partial charge >= 0.3 is 12.1 Å². The molecule has 0 saturated heterocycles. The Kier molecular flexibility index (Phi) is 7.23. The van der Waals surface area contributed by atoms with Gasteiger partial charge < -0.3 is 20.1 Å². The normalized spacial score (nSPS) is 12.0. The summed E-state index contributed by atoms with van der Waals surface area (Å²) in [4.78, 5) is 35.0. The average Bonchev–Trinajstić information content (AvgIpc) is 2.50. The minimum absolute atomic E-state index is 0.135. The number of alkyl carbamates (subject to hydrolysis) is 1. The van der Waals surface area contributed by atoms with Crippen LogP contribution >= 0.6 is 0 Å². The number of carbonyl (C=O) groups excluding carboxylic acids is 3. The van der Waals surface area contributed by atoms with E-state index in [4.69, 9.17) is 9.47 Å². The number of carbonyl (C=O) groups is 3. The lowest BCUT2D eigenvalue weighted by atomic mass is 10.2. The molecule has 1 atom stereocenters. The summed E-state index contributed by atoms with van der Waals surface area (Å²) in [5, 5.41) is 4.77. The van der Waals surface area contributed by atoms with E-state index in [9.17, 15) is 14.4 Å². The fraction of sp³-hybridized carbons (Fsp3) is 0.471. The van der Waals surface area contributed by atoms with Crippen molar-refractivity contribution in [2.75, 3.05) is 6.54 Å². The van der Waals surface area contributed by atoms with Gasteiger partial charge in [0.15, 0.2) is 0 Å². The monoisotopic (exact) mass is 336 g/mol. The second kappa shape index (κ2) is 8.90. The van der Waals surface area contributed by atoms with Gasteiger partial charge in [0.1, 0.15) is 24.8 Å². The fourth-order valence-electron chi connectivity index (χ4n) is 1.67. The summed E-state index contributed by atoms with van der Waals surface area (Å²) in [6.45, 7) is 6.52. The van der Waals surface area contributed by atoms with Crippen LogP contribution in [0.2, 0.25) is 0 Å². The van der Waals surface area contributed by atoms with E-state index < -0.39 is 29.6 Å². The molecule has 0 aliphatic carbocycles. The molecule has 0 fully saturated rings. The minimum atomic E-state index is -0.818. The van der Waals surface area contributed by atoms with E-state index in [0.29, 0.717) is 0 Å². The van der Waals surface area contributed by atoms with Crippen molar-refractivity contribution in [1.29, 1.82) is 0 Å². The van der Waals surface area contributed by atoms with Crippen LogP contribution in [0.5, 0.6) is 0 Å². The second-order valence-electron chi connectivity index (χ2n) is 6.24. The summed E-state index contributed by atoms with van der Waals surface area (Å²) in [6.07, 6.45) is -0.697. The molecule has 1 aromatic carbocycles. The van der Waals surface area contributed by atoms with Crippen molar-refractivity contribution >= 4 is 18.0 Å². The van der Waals surface area contributed by atoms with Gasteiger partial charge in [0.25, 0.3) is 0 Å². The highest BCUT2D eigenvalue weighted by molar-refractivity contribution is 5.87. The van der Waals surface area contributed by atoms with Gasteiger partial charge in [0, 0.05) is 0 Å². The lowest BCUT2D eigenvalue weighted by molar-refractivity contribution is -0.148. The zero-order valence-corrected chi connectivity index (χ0v) is 14.4. The summed E-state index contributed by atoms with van der Waals surface area (Å²) >= 11 is 0. The molecule has 0 bridgehead atoms. The molecule has 0 aliphatic heterocycles. The number of esters is 1. The maximum Gasteiger partial charge on any atom is 0.408 e. The summed E-state index contributed by atoms with van der Waals surface area (Å²) in [7, 11) is 0. The number of rotatable bonds is 6. The molecule has 132 valence electrons. The Morgan fingerprint density at radius 2 is 1.75 bits per heavy atom. The molecule has 0 aromatic heterocycles. The van der Waals surface area contributed by atoms with Crippen molar-refractivity contribution in [3.8, 4) is 0 Å². The molecular weight excluding hydrogens is 312 g/mol. The first-order valence-corrected chi connectivity index (χ1v) is 7.64. The van der Waals surface area contributed by atoms with Gasteiger partial charge in [-0.2, -0.15) is 0 Å². The fourth-order valence-corrected chi connectivity index (χ4v) is 1.67. The smallest absolute Gasteiger partial charge is 0.408 e. The van der Waals surface area contributed by atoms with Crippen molar-refractivity contribution < 1.29 is 23.9 Å². The highest BCUT2D eigenvalue weighted by atomic mass is 16.6. The molecule has 7 heteroatoms. The number of hydrogen-bond acceptors (Lipinski definition) is 5. The van der Waals surface area contributed by atoms with Crippen LogP contribution in [0.1, 0.15) is 33.3 Å². The van der Waals surface area contributed by atoms with Crippen LogP contribution in [0.25, 0.3) is 0 Å². The van der Waals surface area contributed by atoms with E-state index in [-0.39, 0.29) is 13.2 Å². The summed E-state index contributed by atoms with van der Waals surface area (Å²) in [5.41, 5.74) is 0.214. The first kappa shape index (κ1) is 19.5. The predicted molar refractivity (Wildman–Crippen MR) is 88.1 cm³/mol. The van der Waals surface area contributed by atoms with Gasteiger partial charge in [0.05, 0.1) is 0 Å². The number of amides is 2. The van der Waals surface area contributed by atoms with Crippen LogP contribution in [-0.4, -0.2) is 36.2 Å². The minimum Gasteiger partial charge on any atom is -0.459 e. The predicted octanol–water partition coefficient (Wildman–Crippen LogP) is 1.76. The molecule has 2 N–H and O–H groups in total. The van der Waals surface area contributed by atoms with Crippen LogP contribution in [0.15, 0.2) is 30.3 Å². The van der Waals surface area contributed by atoms with Crippen molar-refractivity contribution in [1.82, 2.24) is 10.6 Å². The quantitative estimate of drug-likeness (QED) is 0.772. The van der Waals surface area contributed by atoms with E-state index in [1.54, 1.807) is 20.8 Å². The molecule has 0 saturated carbocycles. The molecule has 0 spiro atoms. The molecule has 1 rings (SSSR count). The Labute approximate surface area is 141 Å². The third kappa shape index (κ3) is 8.17. The molecule has 0 aliphatic rings. The lowest BCUT2D eigenvalue weighted by Crippen LogP contribution is -2.45. The van der Waals surface area contributed by atoms with Crippen molar-refractivity contribution in [2.24, 2.45) is 0 Å². The second-order valence-corrected chi connectivity index (χ2v) is 6.24. The zero-order chi connectivity index (χ0) is 18.2. The largest absolute Gasteiger partial charge is 0.459 e. The van der Waals surface area contributed by atoms with E-state index >= 15 is 0 Å². The maximum absolute atomic E-state index is 11.8. The van der Waals surface area contributed by atoms with Gasteiger partial charge in [-0.1, -0.05) is 30.3 Å². The Morgan fingerprint density at radius 1 is 1.12 bits per heavy atom. The van der Waals surface area contributed by atoms with E-state index in [2.05, 4.69) is 10.6 Å². The Hall–Kier alpha value is -2.57.